The van der Waals surface area contributed by atoms with E-state index in [1.165, 1.54) is 11.1 Å². The molecule has 0 aromatic heterocycles. The summed E-state index contributed by atoms with van der Waals surface area (Å²) >= 11 is 0. The fraction of sp³-hybridized carbons (Fsp3) is 0.478. The van der Waals surface area contributed by atoms with Crippen molar-refractivity contribution in [3.8, 4) is 5.75 Å². The Hall–Kier alpha value is -1.96. The minimum absolute atomic E-state index is 0.0589. The Balaban J connectivity index is 1.47. The van der Waals surface area contributed by atoms with E-state index in [-0.39, 0.29) is 19.8 Å². The summed E-state index contributed by atoms with van der Waals surface area (Å²) in [6.07, 6.45) is 0.466. The van der Waals surface area contributed by atoms with E-state index in [1.54, 1.807) is 0 Å². The first-order valence-electron chi connectivity index (χ1n) is 10.3. The van der Waals surface area contributed by atoms with E-state index in [9.17, 15) is 5.11 Å². The third-order valence-electron chi connectivity index (χ3n) is 5.26. The number of hydrogen-bond donors (Lipinski definition) is 3. The zero-order chi connectivity index (χ0) is 20.5. The molecule has 29 heavy (non-hydrogen) atoms. The summed E-state index contributed by atoms with van der Waals surface area (Å²) < 4.78 is 5.83. The summed E-state index contributed by atoms with van der Waals surface area (Å²) in [5.74, 6) is 0.721. The van der Waals surface area contributed by atoms with Gasteiger partial charge < -0.3 is 20.1 Å². The average Bonchev–Trinajstić information content (AvgIpc) is 2.73. The molecule has 3 N–H and O–H groups in total. The largest absolute Gasteiger partial charge is 0.491 e. The molecule has 0 fully saturated rings. The Morgan fingerprint density at radius 1 is 1.00 bits per heavy atom. The first-order chi connectivity index (χ1) is 14.2. The van der Waals surface area contributed by atoms with Gasteiger partial charge in [-0.1, -0.05) is 36.4 Å². The van der Waals surface area contributed by atoms with Crippen molar-refractivity contribution in [3.05, 3.63) is 65.2 Å². The molecule has 3 rings (SSSR count). The van der Waals surface area contributed by atoms with Crippen LogP contribution in [0, 0.1) is 0 Å². The zero-order valence-corrected chi connectivity index (χ0v) is 16.9. The Morgan fingerprint density at radius 3 is 2.52 bits per heavy atom. The molecular weight excluding hydrogens is 368 g/mol. The monoisotopic (exact) mass is 400 g/mol. The van der Waals surface area contributed by atoms with Gasteiger partial charge in [0, 0.05) is 39.3 Å². The molecule has 0 amide bonds. The molecule has 6 nitrogen and oxygen atoms in total. The lowest BCUT2D eigenvalue weighted by molar-refractivity contribution is 0.0637. The van der Waals surface area contributed by atoms with Crippen LogP contribution in [0.4, 0.5) is 0 Å². The van der Waals surface area contributed by atoms with Crippen molar-refractivity contribution in [1.82, 2.24) is 9.80 Å². The van der Waals surface area contributed by atoms with Crippen LogP contribution in [0.3, 0.4) is 0 Å². The Kier molecular flexibility index (Phi) is 8.46. The SMILES string of the molecule is OCCN(CCO)Cc1cccc(OC[C@H](O)CN2CCc3ccccc3C2)c1. The van der Waals surface area contributed by atoms with Crippen LogP contribution in [-0.4, -0.2) is 77.2 Å². The van der Waals surface area contributed by atoms with Crippen molar-refractivity contribution in [3.63, 3.8) is 0 Å². The first kappa shape index (κ1) is 21.7. The minimum atomic E-state index is -0.552. The van der Waals surface area contributed by atoms with Gasteiger partial charge in [-0.3, -0.25) is 9.80 Å². The topological polar surface area (TPSA) is 76.4 Å². The molecule has 1 atom stereocenters. The summed E-state index contributed by atoms with van der Waals surface area (Å²) in [6.45, 7) is 4.45. The maximum absolute atomic E-state index is 10.4. The summed E-state index contributed by atoms with van der Waals surface area (Å²) in [6, 6.07) is 16.2. The molecule has 6 heteroatoms. The van der Waals surface area contributed by atoms with E-state index in [1.807, 2.05) is 29.2 Å². The number of nitrogens with zero attached hydrogens (tertiary/aromatic N) is 2. The molecular formula is C23H32N2O4. The number of rotatable bonds is 11. The second-order valence-electron chi connectivity index (χ2n) is 7.59. The molecule has 2 aromatic rings. The van der Waals surface area contributed by atoms with Crippen LogP contribution in [0.1, 0.15) is 16.7 Å². The van der Waals surface area contributed by atoms with Gasteiger partial charge in [0.2, 0.25) is 0 Å². The van der Waals surface area contributed by atoms with Crippen LogP contribution >= 0.6 is 0 Å². The lowest BCUT2D eigenvalue weighted by Crippen LogP contribution is -2.38. The van der Waals surface area contributed by atoms with Crippen LogP contribution in [0.25, 0.3) is 0 Å². The van der Waals surface area contributed by atoms with Crippen LogP contribution in [0.5, 0.6) is 5.75 Å². The Labute approximate surface area is 173 Å². The third kappa shape index (κ3) is 6.80. The maximum Gasteiger partial charge on any atom is 0.119 e. The van der Waals surface area contributed by atoms with Gasteiger partial charge in [-0.2, -0.15) is 0 Å². The highest BCUT2D eigenvalue weighted by molar-refractivity contribution is 5.29. The summed E-state index contributed by atoms with van der Waals surface area (Å²) in [5, 5.41) is 28.7. The van der Waals surface area contributed by atoms with Gasteiger partial charge in [-0.05, 0) is 35.2 Å². The third-order valence-corrected chi connectivity index (χ3v) is 5.26. The quantitative estimate of drug-likeness (QED) is 0.527. The second kappa shape index (κ2) is 11.3. The number of hydrogen-bond acceptors (Lipinski definition) is 6. The van der Waals surface area contributed by atoms with Crippen LogP contribution in [-0.2, 0) is 19.5 Å². The molecule has 1 aliphatic rings. The highest BCUT2D eigenvalue weighted by Gasteiger charge is 2.18. The van der Waals surface area contributed by atoms with Crippen molar-refractivity contribution < 1.29 is 20.1 Å². The molecule has 1 aliphatic heterocycles. The molecule has 0 unspecified atom stereocenters. The first-order valence-corrected chi connectivity index (χ1v) is 10.3. The Bertz CT molecular complexity index is 749. The van der Waals surface area contributed by atoms with Crippen LogP contribution < -0.4 is 4.74 Å². The molecule has 0 spiro atoms. The summed E-state index contributed by atoms with van der Waals surface area (Å²) in [7, 11) is 0. The molecule has 0 bridgehead atoms. The van der Waals surface area contributed by atoms with Crippen molar-refractivity contribution >= 4 is 0 Å². The molecule has 1 heterocycles. The van der Waals surface area contributed by atoms with Gasteiger partial charge in [0.1, 0.15) is 18.5 Å². The van der Waals surface area contributed by atoms with Gasteiger partial charge >= 0.3 is 0 Å². The Morgan fingerprint density at radius 2 is 1.76 bits per heavy atom. The van der Waals surface area contributed by atoms with Crippen molar-refractivity contribution in [2.75, 3.05) is 46.0 Å². The van der Waals surface area contributed by atoms with E-state index < -0.39 is 6.10 Å². The van der Waals surface area contributed by atoms with Crippen LogP contribution in [0.15, 0.2) is 48.5 Å². The van der Waals surface area contributed by atoms with Crippen molar-refractivity contribution in [2.24, 2.45) is 0 Å². The lowest BCUT2D eigenvalue weighted by atomic mass is 10.00. The standard InChI is InChI=1S/C23H32N2O4/c26-12-10-24(11-13-27)15-19-4-3-7-23(14-19)29-18-22(28)17-25-9-8-20-5-1-2-6-21(20)16-25/h1-7,14,22,26-28H,8-13,15-18H2/t22-/m1/s1. The van der Waals surface area contributed by atoms with Gasteiger partial charge in [0.25, 0.3) is 0 Å². The summed E-state index contributed by atoms with van der Waals surface area (Å²) in [5.41, 5.74) is 3.80. The number of aliphatic hydroxyl groups is 3. The summed E-state index contributed by atoms with van der Waals surface area (Å²) in [4.78, 5) is 4.26. The van der Waals surface area contributed by atoms with Crippen molar-refractivity contribution in [1.29, 1.82) is 0 Å². The van der Waals surface area contributed by atoms with Crippen LogP contribution in [0.2, 0.25) is 0 Å². The number of ether oxygens (including phenoxy) is 1. The van der Waals surface area contributed by atoms with Gasteiger partial charge in [-0.25, -0.2) is 0 Å². The highest BCUT2D eigenvalue weighted by atomic mass is 16.5. The molecule has 0 saturated carbocycles. The van der Waals surface area contributed by atoms with Gasteiger partial charge in [0.05, 0.1) is 13.2 Å². The van der Waals surface area contributed by atoms with Crippen molar-refractivity contribution in [2.45, 2.75) is 25.6 Å². The molecule has 0 radical (unpaired) electrons. The number of aliphatic hydroxyl groups excluding tert-OH is 3. The molecule has 158 valence electrons. The molecule has 2 aromatic carbocycles. The highest BCUT2D eigenvalue weighted by Crippen LogP contribution is 2.19. The second-order valence-corrected chi connectivity index (χ2v) is 7.59. The normalized spacial score (nSPS) is 15.3. The van der Waals surface area contributed by atoms with E-state index in [4.69, 9.17) is 14.9 Å². The van der Waals surface area contributed by atoms with E-state index >= 15 is 0 Å². The lowest BCUT2D eigenvalue weighted by Gasteiger charge is -2.30. The van der Waals surface area contributed by atoms with E-state index in [2.05, 4.69) is 29.2 Å². The average molecular weight is 401 g/mol. The van der Waals surface area contributed by atoms with E-state index in [0.717, 1.165) is 30.8 Å². The molecule has 0 aliphatic carbocycles. The fourth-order valence-electron chi connectivity index (χ4n) is 3.80. The molecule has 0 saturated heterocycles. The number of benzene rings is 2. The zero-order valence-electron chi connectivity index (χ0n) is 16.9. The minimum Gasteiger partial charge on any atom is -0.491 e. The predicted molar refractivity (Wildman–Crippen MR) is 113 cm³/mol. The number of β-amino-alcohol motifs (C(OH)–C–C–N with tert-alkyl or cyclic N) is 1. The van der Waals surface area contributed by atoms with E-state index in [0.29, 0.717) is 26.2 Å². The van der Waals surface area contributed by atoms with Gasteiger partial charge in [-0.15, -0.1) is 0 Å². The number of fused-ring (bicyclic) bond motifs is 1. The van der Waals surface area contributed by atoms with Gasteiger partial charge in [0.15, 0.2) is 0 Å². The predicted octanol–water partition coefficient (Wildman–Crippen LogP) is 1.27. The maximum atomic E-state index is 10.4. The smallest absolute Gasteiger partial charge is 0.119 e. The fourth-order valence-corrected chi connectivity index (χ4v) is 3.80.